The van der Waals surface area contributed by atoms with Gasteiger partial charge in [0.1, 0.15) is 0 Å². The summed E-state index contributed by atoms with van der Waals surface area (Å²) in [7, 11) is 0. The minimum atomic E-state index is 0.0376. The highest BCUT2D eigenvalue weighted by atomic mass is 32.2. The lowest BCUT2D eigenvalue weighted by Gasteiger charge is -2.17. The number of carbonyl (C=O) groups is 1. The molecule has 4 nitrogen and oxygen atoms in total. The maximum Gasteiger partial charge on any atom is 0.239 e. The lowest BCUT2D eigenvalue weighted by Crippen LogP contribution is -2.38. The molecule has 2 N–H and O–H groups in total. The minimum absolute atomic E-state index is 0.0376. The Kier molecular flexibility index (Phi) is 5.66. The number of aliphatic imine (C=N–C) groups is 1. The van der Waals surface area contributed by atoms with Gasteiger partial charge in [-0.05, 0) is 11.8 Å². The molecule has 0 fully saturated rings. The maximum absolute atomic E-state index is 11.4. The van der Waals surface area contributed by atoms with Crippen molar-refractivity contribution in [1.82, 2.24) is 10.6 Å². The van der Waals surface area contributed by atoms with Gasteiger partial charge in [0.2, 0.25) is 5.91 Å². The number of hydrogen-bond donors (Lipinski definition) is 2. The van der Waals surface area contributed by atoms with Crippen LogP contribution in [0.4, 0.5) is 0 Å². The number of rotatable bonds is 4. The van der Waals surface area contributed by atoms with E-state index in [1.165, 1.54) is 0 Å². The second-order valence-electron chi connectivity index (χ2n) is 4.61. The normalized spacial score (nSPS) is 20.5. The highest BCUT2D eigenvalue weighted by Crippen LogP contribution is 2.15. The first-order valence-electron chi connectivity index (χ1n) is 5.75. The molecular formula is C11H21N3OS. The second kappa shape index (κ2) is 6.78. The lowest BCUT2D eigenvalue weighted by molar-refractivity contribution is -0.120. The Balaban J connectivity index is 2.17. The Bertz CT molecular complexity index is 266. The predicted molar refractivity (Wildman–Crippen MR) is 69.8 cm³/mol. The molecule has 1 amide bonds. The van der Waals surface area contributed by atoms with Crippen LogP contribution in [0.1, 0.15) is 20.8 Å². The number of amides is 1. The molecular weight excluding hydrogens is 222 g/mol. The summed E-state index contributed by atoms with van der Waals surface area (Å²) in [5.41, 5.74) is 0. The average Bonchev–Trinajstić information content (AvgIpc) is 2.25. The van der Waals surface area contributed by atoms with Crippen LogP contribution in [0.3, 0.4) is 0 Å². The van der Waals surface area contributed by atoms with Gasteiger partial charge in [0.15, 0.2) is 5.17 Å². The molecule has 0 saturated carbocycles. The van der Waals surface area contributed by atoms with Crippen LogP contribution >= 0.6 is 11.8 Å². The molecule has 0 spiro atoms. The van der Waals surface area contributed by atoms with E-state index in [0.29, 0.717) is 18.4 Å². The second-order valence-corrected chi connectivity index (χ2v) is 5.62. The third-order valence-electron chi connectivity index (χ3n) is 2.16. The fourth-order valence-corrected chi connectivity index (χ4v) is 2.09. The van der Waals surface area contributed by atoms with E-state index in [1.807, 2.05) is 0 Å². The predicted octanol–water partition coefficient (Wildman–Crippen LogP) is 1.09. The van der Waals surface area contributed by atoms with Crippen LogP contribution in [-0.2, 0) is 4.79 Å². The number of hydrogen-bond acceptors (Lipinski definition) is 4. The largest absolute Gasteiger partial charge is 0.356 e. The lowest BCUT2D eigenvalue weighted by atomic mass is 10.2. The van der Waals surface area contributed by atoms with Crippen molar-refractivity contribution in [3.8, 4) is 0 Å². The summed E-state index contributed by atoms with van der Waals surface area (Å²) < 4.78 is 0. The van der Waals surface area contributed by atoms with E-state index in [2.05, 4.69) is 36.4 Å². The fraction of sp³-hybridized carbons (Fsp3) is 0.818. The summed E-state index contributed by atoms with van der Waals surface area (Å²) in [6, 6.07) is 0. The Morgan fingerprint density at radius 1 is 1.62 bits per heavy atom. The van der Waals surface area contributed by atoms with Gasteiger partial charge in [0, 0.05) is 18.8 Å². The van der Waals surface area contributed by atoms with E-state index < -0.39 is 0 Å². The quantitative estimate of drug-likeness (QED) is 0.777. The van der Waals surface area contributed by atoms with Gasteiger partial charge in [-0.3, -0.25) is 9.79 Å². The summed E-state index contributed by atoms with van der Waals surface area (Å²) in [5, 5.41) is 6.83. The summed E-state index contributed by atoms with van der Waals surface area (Å²) >= 11 is 1.70. The molecule has 0 radical (unpaired) electrons. The first-order chi connectivity index (χ1) is 7.58. The van der Waals surface area contributed by atoms with Gasteiger partial charge in [-0.25, -0.2) is 0 Å². The molecule has 1 aliphatic rings. The van der Waals surface area contributed by atoms with Gasteiger partial charge >= 0.3 is 0 Å². The molecule has 1 unspecified atom stereocenters. The van der Waals surface area contributed by atoms with Crippen LogP contribution in [-0.4, -0.2) is 36.5 Å². The van der Waals surface area contributed by atoms with E-state index in [0.717, 1.165) is 24.0 Å². The van der Waals surface area contributed by atoms with Crippen LogP contribution in [0.2, 0.25) is 0 Å². The van der Waals surface area contributed by atoms with Crippen LogP contribution in [0.5, 0.6) is 0 Å². The van der Waals surface area contributed by atoms with Crippen LogP contribution in [0.15, 0.2) is 4.99 Å². The van der Waals surface area contributed by atoms with Gasteiger partial charge in [-0.1, -0.05) is 32.5 Å². The topological polar surface area (TPSA) is 53.5 Å². The number of thioether (sulfide) groups is 1. The van der Waals surface area contributed by atoms with E-state index in [4.69, 9.17) is 0 Å². The molecule has 1 rings (SSSR count). The average molecular weight is 243 g/mol. The van der Waals surface area contributed by atoms with E-state index in [9.17, 15) is 4.79 Å². The summed E-state index contributed by atoms with van der Waals surface area (Å²) in [6.07, 6.45) is 0. The van der Waals surface area contributed by atoms with Crippen molar-refractivity contribution in [2.75, 3.05) is 25.4 Å². The van der Waals surface area contributed by atoms with Gasteiger partial charge in [0.25, 0.3) is 0 Å². The molecule has 16 heavy (non-hydrogen) atoms. The first kappa shape index (κ1) is 13.4. The molecule has 0 aromatic heterocycles. The molecule has 1 heterocycles. The Labute approximate surface area is 102 Å². The third-order valence-corrected chi connectivity index (χ3v) is 3.44. The van der Waals surface area contributed by atoms with E-state index >= 15 is 0 Å². The Hall–Kier alpha value is -0.710. The molecule has 1 aliphatic heterocycles. The van der Waals surface area contributed by atoms with E-state index in [-0.39, 0.29) is 5.91 Å². The van der Waals surface area contributed by atoms with Crippen molar-refractivity contribution in [3.63, 3.8) is 0 Å². The Morgan fingerprint density at radius 2 is 2.38 bits per heavy atom. The van der Waals surface area contributed by atoms with Crippen LogP contribution in [0, 0.1) is 11.8 Å². The molecule has 0 aliphatic carbocycles. The van der Waals surface area contributed by atoms with Crippen molar-refractivity contribution >= 4 is 22.8 Å². The molecule has 1 atom stereocenters. The molecule has 0 bridgehead atoms. The zero-order chi connectivity index (χ0) is 12.0. The van der Waals surface area contributed by atoms with Gasteiger partial charge in [0.05, 0.1) is 6.54 Å². The zero-order valence-electron chi connectivity index (χ0n) is 10.2. The maximum atomic E-state index is 11.4. The highest BCUT2D eigenvalue weighted by molar-refractivity contribution is 8.13. The van der Waals surface area contributed by atoms with Gasteiger partial charge in [-0.2, -0.15) is 0 Å². The summed E-state index contributed by atoms with van der Waals surface area (Å²) in [5.74, 6) is 2.26. The number of carbonyl (C=O) groups excluding carboxylic acids is 1. The van der Waals surface area contributed by atoms with E-state index in [1.54, 1.807) is 11.8 Å². The summed E-state index contributed by atoms with van der Waals surface area (Å²) in [6.45, 7) is 8.27. The van der Waals surface area contributed by atoms with Crippen LogP contribution in [0.25, 0.3) is 0 Å². The first-order valence-corrected chi connectivity index (χ1v) is 6.74. The molecule has 0 saturated heterocycles. The monoisotopic (exact) mass is 243 g/mol. The molecule has 0 aromatic carbocycles. The number of nitrogens with one attached hydrogen (secondary N) is 2. The van der Waals surface area contributed by atoms with Crippen LogP contribution < -0.4 is 10.6 Å². The van der Waals surface area contributed by atoms with Crippen molar-refractivity contribution in [1.29, 1.82) is 0 Å². The summed E-state index contributed by atoms with van der Waals surface area (Å²) in [4.78, 5) is 15.8. The Morgan fingerprint density at radius 3 is 2.94 bits per heavy atom. The number of nitrogens with zero attached hydrogens (tertiary/aromatic N) is 1. The minimum Gasteiger partial charge on any atom is -0.356 e. The molecule has 0 aromatic rings. The molecule has 92 valence electrons. The smallest absolute Gasteiger partial charge is 0.239 e. The van der Waals surface area contributed by atoms with Crippen molar-refractivity contribution in [3.05, 3.63) is 0 Å². The third kappa shape index (κ3) is 5.39. The number of amidine groups is 1. The van der Waals surface area contributed by atoms with Gasteiger partial charge < -0.3 is 10.6 Å². The van der Waals surface area contributed by atoms with Crippen molar-refractivity contribution < 1.29 is 4.79 Å². The molecule has 5 heteroatoms. The van der Waals surface area contributed by atoms with Gasteiger partial charge in [-0.15, -0.1) is 0 Å². The highest BCUT2D eigenvalue weighted by Gasteiger charge is 2.12. The fourth-order valence-electron chi connectivity index (χ4n) is 1.20. The van der Waals surface area contributed by atoms with Crippen molar-refractivity contribution in [2.45, 2.75) is 20.8 Å². The SMILES string of the molecule is CC(C)CNC(=O)CNC1=NCC(C)CS1. The van der Waals surface area contributed by atoms with Crippen molar-refractivity contribution in [2.24, 2.45) is 16.8 Å². The standard InChI is InChI=1S/C11H21N3OS/c1-8(2)4-12-10(15)6-14-11-13-5-9(3)7-16-11/h8-9H,4-7H2,1-3H3,(H,12,15)(H,13,14). The zero-order valence-corrected chi connectivity index (χ0v) is 11.1.